The number of piperidine rings is 1. The number of likely N-dealkylation sites (tertiary alicyclic amines) is 1. The van der Waals surface area contributed by atoms with E-state index in [1.807, 2.05) is 29.0 Å². The number of hydrogen-bond acceptors (Lipinski definition) is 5. The van der Waals surface area contributed by atoms with Crippen molar-refractivity contribution in [1.82, 2.24) is 9.88 Å². The van der Waals surface area contributed by atoms with Crippen LogP contribution in [0.25, 0.3) is 0 Å². The Bertz CT molecular complexity index is 639. The van der Waals surface area contributed by atoms with Gasteiger partial charge in [-0.2, -0.15) is 11.3 Å². The molecule has 1 aliphatic heterocycles. The third-order valence-corrected chi connectivity index (χ3v) is 5.80. The summed E-state index contributed by atoms with van der Waals surface area (Å²) in [6.07, 6.45) is 6.20. The molecule has 0 unspecified atom stereocenters. The van der Waals surface area contributed by atoms with Crippen molar-refractivity contribution < 1.29 is 4.79 Å². The number of anilines is 1. The molecule has 2 aromatic heterocycles. The summed E-state index contributed by atoms with van der Waals surface area (Å²) in [5.74, 6) is 1.02. The van der Waals surface area contributed by atoms with Gasteiger partial charge in [-0.3, -0.25) is 4.79 Å². The van der Waals surface area contributed by atoms with Crippen molar-refractivity contribution in [2.24, 2.45) is 0 Å². The van der Waals surface area contributed by atoms with Gasteiger partial charge in [0.15, 0.2) is 0 Å². The fraction of sp³-hybridized carbons (Fsp3) is 0.444. The highest BCUT2D eigenvalue weighted by molar-refractivity contribution is 7.99. The molecule has 0 aromatic carbocycles. The first-order valence-corrected chi connectivity index (χ1v) is 10.4. The van der Waals surface area contributed by atoms with Gasteiger partial charge in [0.05, 0.1) is 12.1 Å². The smallest absolute Gasteiger partial charge is 0.228 e. The topological polar surface area (TPSA) is 45.2 Å². The van der Waals surface area contributed by atoms with Crippen LogP contribution in [0.2, 0.25) is 0 Å². The molecule has 128 valence electrons. The van der Waals surface area contributed by atoms with Crippen LogP contribution in [0, 0.1) is 0 Å². The first-order valence-electron chi connectivity index (χ1n) is 8.42. The average molecular weight is 362 g/mol. The van der Waals surface area contributed by atoms with Gasteiger partial charge in [-0.1, -0.05) is 6.42 Å². The van der Waals surface area contributed by atoms with Crippen LogP contribution in [0.3, 0.4) is 0 Å². The SMILES string of the molecule is O=C(Cc1ccsc1)Nc1cccnc1SCCN1CCCCC1. The van der Waals surface area contributed by atoms with E-state index < -0.39 is 0 Å². The van der Waals surface area contributed by atoms with E-state index in [1.54, 1.807) is 29.3 Å². The van der Waals surface area contributed by atoms with Crippen LogP contribution in [-0.4, -0.2) is 41.2 Å². The second kappa shape index (κ2) is 9.20. The van der Waals surface area contributed by atoms with E-state index in [1.165, 1.54) is 32.4 Å². The lowest BCUT2D eigenvalue weighted by molar-refractivity contribution is -0.115. The Balaban J connectivity index is 1.51. The molecule has 0 saturated carbocycles. The lowest BCUT2D eigenvalue weighted by atomic mass is 10.1. The van der Waals surface area contributed by atoms with Gasteiger partial charge in [0.2, 0.25) is 5.91 Å². The Labute approximate surface area is 151 Å². The minimum absolute atomic E-state index is 0.0132. The van der Waals surface area contributed by atoms with Gasteiger partial charge < -0.3 is 10.2 Å². The summed E-state index contributed by atoms with van der Waals surface area (Å²) >= 11 is 3.34. The number of rotatable bonds is 7. The van der Waals surface area contributed by atoms with Gasteiger partial charge in [0.25, 0.3) is 0 Å². The van der Waals surface area contributed by atoms with Gasteiger partial charge in [0.1, 0.15) is 5.03 Å². The van der Waals surface area contributed by atoms with E-state index >= 15 is 0 Å². The minimum Gasteiger partial charge on any atom is -0.323 e. The molecule has 24 heavy (non-hydrogen) atoms. The Morgan fingerprint density at radius 3 is 2.96 bits per heavy atom. The van der Waals surface area contributed by atoms with Gasteiger partial charge in [-0.05, 0) is 60.5 Å². The summed E-state index contributed by atoms with van der Waals surface area (Å²) in [5, 5.41) is 7.92. The number of thiophene rings is 1. The summed E-state index contributed by atoms with van der Waals surface area (Å²) in [5.41, 5.74) is 1.88. The van der Waals surface area contributed by atoms with Crippen LogP contribution >= 0.6 is 23.1 Å². The maximum Gasteiger partial charge on any atom is 0.228 e. The van der Waals surface area contributed by atoms with Crippen molar-refractivity contribution in [2.45, 2.75) is 30.7 Å². The van der Waals surface area contributed by atoms with E-state index in [2.05, 4.69) is 15.2 Å². The molecule has 6 heteroatoms. The fourth-order valence-electron chi connectivity index (χ4n) is 2.83. The minimum atomic E-state index is 0.0132. The van der Waals surface area contributed by atoms with E-state index in [-0.39, 0.29) is 5.91 Å². The average Bonchev–Trinajstić information content (AvgIpc) is 3.10. The number of nitrogens with zero attached hydrogens (tertiary/aromatic N) is 2. The molecule has 1 saturated heterocycles. The zero-order chi connectivity index (χ0) is 16.6. The van der Waals surface area contributed by atoms with Gasteiger partial charge >= 0.3 is 0 Å². The molecule has 1 aliphatic rings. The monoisotopic (exact) mass is 361 g/mol. The molecule has 1 amide bonds. The third kappa shape index (κ3) is 5.33. The van der Waals surface area contributed by atoms with Gasteiger partial charge in [-0.15, -0.1) is 11.8 Å². The second-order valence-electron chi connectivity index (χ2n) is 5.96. The van der Waals surface area contributed by atoms with Crippen LogP contribution in [0.1, 0.15) is 24.8 Å². The van der Waals surface area contributed by atoms with Crippen molar-refractivity contribution in [1.29, 1.82) is 0 Å². The Morgan fingerprint density at radius 2 is 2.17 bits per heavy atom. The number of hydrogen-bond donors (Lipinski definition) is 1. The molecule has 1 fully saturated rings. The van der Waals surface area contributed by atoms with Crippen molar-refractivity contribution in [2.75, 3.05) is 30.7 Å². The maximum atomic E-state index is 12.2. The summed E-state index contributed by atoms with van der Waals surface area (Å²) in [6.45, 7) is 3.52. The molecule has 3 rings (SSSR count). The number of pyridine rings is 1. The second-order valence-corrected chi connectivity index (χ2v) is 7.83. The molecule has 0 spiro atoms. The van der Waals surface area contributed by atoms with E-state index in [4.69, 9.17) is 0 Å². The van der Waals surface area contributed by atoms with E-state index in [0.29, 0.717) is 6.42 Å². The summed E-state index contributed by atoms with van der Waals surface area (Å²) in [4.78, 5) is 19.2. The predicted molar refractivity (Wildman–Crippen MR) is 102 cm³/mol. The van der Waals surface area contributed by atoms with Gasteiger partial charge in [-0.25, -0.2) is 4.98 Å². The molecular formula is C18H23N3OS2. The normalized spacial score (nSPS) is 15.3. The molecule has 0 bridgehead atoms. The lowest BCUT2D eigenvalue weighted by Gasteiger charge is -2.26. The molecule has 0 atom stereocenters. The summed E-state index contributed by atoms with van der Waals surface area (Å²) in [6, 6.07) is 5.79. The first-order chi connectivity index (χ1) is 11.8. The number of thioether (sulfide) groups is 1. The number of carbonyl (C=O) groups is 1. The van der Waals surface area contributed by atoms with Crippen LogP contribution in [-0.2, 0) is 11.2 Å². The maximum absolute atomic E-state index is 12.2. The van der Waals surface area contributed by atoms with Crippen LogP contribution < -0.4 is 5.32 Å². The summed E-state index contributed by atoms with van der Waals surface area (Å²) in [7, 11) is 0. The van der Waals surface area contributed by atoms with Crippen molar-refractivity contribution in [3.63, 3.8) is 0 Å². The van der Waals surface area contributed by atoms with Crippen molar-refractivity contribution >= 4 is 34.7 Å². The molecule has 1 N–H and O–H groups in total. The zero-order valence-corrected chi connectivity index (χ0v) is 15.4. The van der Waals surface area contributed by atoms with Gasteiger partial charge in [0, 0.05) is 18.5 Å². The van der Waals surface area contributed by atoms with Crippen LogP contribution in [0.5, 0.6) is 0 Å². The fourth-order valence-corrected chi connectivity index (χ4v) is 4.45. The number of nitrogens with one attached hydrogen (secondary N) is 1. The molecule has 4 nitrogen and oxygen atoms in total. The molecule has 0 radical (unpaired) electrons. The van der Waals surface area contributed by atoms with Crippen molar-refractivity contribution in [3.8, 4) is 0 Å². The highest BCUT2D eigenvalue weighted by Gasteiger charge is 2.12. The summed E-state index contributed by atoms with van der Waals surface area (Å²) < 4.78 is 0. The zero-order valence-electron chi connectivity index (χ0n) is 13.7. The molecule has 3 heterocycles. The van der Waals surface area contributed by atoms with Crippen LogP contribution in [0.4, 0.5) is 5.69 Å². The lowest BCUT2D eigenvalue weighted by Crippen LogP contribution is -2.31. The number of carbonyl (C=O) groups excluding carboxylic acids is 1. The number of amides is 1. The standard InChI is InChI=1S/C18H23N3OS2/c22-17(13-15-6-11-23-14-15)20-16-5-4-7-19-18(16)24-12-10-21-8-2-1-3-9-21/h4-7,11,14H,1-3,8-10,12-13H2,(H,20,22). The Kier molecular flexibility index (Phi) is 6.69. The first kappa shape index (κ1) is 17.5. The highest BCUT2D eigenvalue weighted by atomic mass is 32.2. The molecule has 2 aromatic rings. The van der Waals surface area contributed by atoms with Crippen molar-refractivity contribution in [3.05, 3.63) is 40.7 Å². The third-order valence-electron chi connectivity index (χ3n) is 4.09. The number of aromatic nitrogens is 1. The van der Waals surface area contributed by atoms with E-state index in [9.17, 15) is 4.79 Å². The Morgan fingerprint density at radius 1 is 1.29 bits per heavy atom. The van der Waals surface area contributed by atoms with Crippen LogP contribution in [0.15, 0.2) is 40.2 Å². The highest BCUT2D eigenvalue weighted by Crippen LogP contribution is 2.25. The Hall–Kier alpha value is -1.37. The predicted octanol–water partition coefficient (Wildman–Crippen LogP) is 3.90. The molecular weight excluding hydrogens is 338 g/mol. The molecule has 0 aliphatic carbocycles. The quantitative estimate of drug-likeness (QED) is 0.760. The largest absolute Gasteiger partial charge is 0.323 e. The van der Waals surface area contributed by atoms with E-state index in [0.717, 1.165) is 28.6 Å².